The van der Waals surface area contributed by atoms with Gasteiger partial charge in [-0.15, -0.1) is 0 Å². The van der Waals surface area contributed by atoms with E-state index in [-0.39, 0.29) is 5.78 Å². The van der Waals surface area contributed by atoms with Crippen LogP contribution in [0.3, 0.4) is 0 Å². The van der Waals surface area contributed by atoms with Crippen molar-refractivity contribution in [1.29, 1.82) is 0 Å². The first-order chi connectivity index (χ1) is 8.25. The van der Waals surface area contributed by atoms with Gasteiger partial charge in [-0.2, -0.15) is 0 Å². The van der Waals surface area contributed by atoms with Crippen LogP contribution < -0.4 is 0 Å². The van der Waals surface area contributed by atoms with Crippen molar-refractivity contribution >= 4 is 11.3 Å². The van der Waals surface area contributed by atoms with Crippen molar-refractivity contribution in [3.8, 4) is 0 Å². The highest BCUT2D eigenvalue weighted by molar-refractivity contribution is 5.78. The minimum absolute atomic E-state index is 0.200. The number of pyridine rings is 1. The molecule has 88 valence electrons. The zero-order valence-corrected chi connectivity index (χ0v) is 10.0. The van der Waals surface area contributed by atoms with Crippen molar-refractivity contribution in [3.05, 3.63) is 35.9 Å². The van der Waals surface area contributed by atoms with E-state index < -0.39 is 0 Å². The molecule has 0 bridgehead atoms. The normalized spacial score (nSPS) is 16.1. The van der Waals surface area contributed by atoms with Gasteiger partial charge < -0.3 is 4.40 Å². The Balaban J connectivity index is 2.13. The molecule has 1 saturated carbocycles. The third-order valence-corrected chi connectivity index (χ3v) is 3.56. The second-order valence-electron chi connectivity index (χ2n) is 4.90. The van der Waals surface area contributed by atoms with E-state index in [0.717, 1.165) is 17.0 Å². The second kappa shape index (κ2) is 3.99. The summed E-state index contributed by atoms with van der Waals surface area (Å²) in [6, 6.07) is 6.08. The van der Waals surface area contributed by atoms with E-state index >= 15 is 0 Å². The van der Waals surface area contributed by atoms with E-state index in [9.17, 15) is 4.79 Å². The lowest BCUT2D eigenvalue weighted by molar-refractivity contribution is -0.116. The Kier molecular flexibility index (Phi) is 2.46. The molecule has 3 rings (SSSR count). The molecule has 0 aromatic carbocycles. The largest absolute Gasteiger partial charge is 0.300 e. The van der Waals surface area contributed by atoms with Crippen molar-refractivity contribution in [3.63, 3.8) is 0 Å². The first-order valence-electron chi connectivity index (χ1n) is 6.20. The summed E-state index contributed by atoms with van der Waals surface area (Å²) in [6.45, 7) is 1.64. The molecule has 0 saturated heterocycles. The predicted molar refractivity (Wildman–Crippen MR) is 66.2 cm³/mol. The lowest BCUT2D eigenvalue weighted by atomic mass is 9.85. The van der Waals surface area contributed by atoms with Crippen molar-refractivity contribution in [2.45, 2.75) is 38.5 Å². The molecular weight excluding hydrogens is 212 g/mol. The SMILES string of the molecule is CC(=O)Cc1cccc2cnc(C3CCC3)n12. The van der Waals surface area contributed by atoms with E-state index in [1.807, 2.05) is 18.3 Å². The van der Waals surface area contributed by atoms with Gasteiger partial charge in [-0.25, -0.2) is 4.98 Å². The average Bonchev–Trinajstić information content (AvgIpc) is 2.60. The third kappa shape index (κ3) is 1.75. The number of carbonyl (C=O) groups is 1. The average molecular weight is 228 g/mol. The number of aromatic nitrogens is 2. The topological polar surface area (TPSA) is 34.4 Å². The number of hydrogen-bond donors (Lipinski definition) is 0. The summed E-state index contributed by atoms with van der Waals surface area (Å²) in [5.41, 5.74) is 2.17. The number of fused-ring (bicyclic) bond motifs is 1. The molecule has 0 spiro atoms. The maximum absolute atomic E-state index is 11.3. The zero-order chi connectivity index (χ0) is 11.8. The van der Waals surface area contributed by atoms with Gasteiger partial charge in [0.1, 0.15) is 11.6 Å². The molecular formula is C14H16N2O. The third-order valence-electron chi connectivity index (χ3n) is 3.56. The molecule has 2 heterocycles. The van der Waals surface area contributed by atoms with E-state index in [1.54, 1.807) is 6.92 Å². The van der Waals surface area contributed by atoms with Gasteiger partial charge in [0, 0.05) is 18.0 Å². The molecule has 3 nitrogen and oxygen atoms in total. The fraction of sp³-hybridized carbons (Fsp3) is 0.429. The van der Waals surface area contributed by atoms with E-state index in [0.29, 0.717) is 12.3 Å². The van der Waals surface area contributed by atoms with Crippen LogP contribution in [0.25, 0.3) is 5.52 Å². The first-order valence-corrected chi connectivity index (χ1v) is 6.20. The van der Waals surface area contributed by atoms with E-state index in [4.69, 9.17) is 0 Å². The van der Waals surface area contributed by atoms with Crippen molar-refractivity contribution < 1.29 is 4.79 Å². The minimum atomic E-state index is 0.200. The Morgan fingerprint density at radius 3 is 2.94 bits per heavy atom. The van der Waals surface area contributed by atoms with Gasteiger partial charge in [0.05, 0.1) is 11.7 Å². The van der Waals surface area contributed by atoms with Gasteiger partial charge in [-0.05, 0) is 31.9 Å². The lowest BCUT2D eigenvalue weighted by Crippen LogP contribution is -2.15. The fourth-order valence-corrected chi connectivity index (χ4v) is 2.49. The van der Waals surface area contributed by atoms with Gasteiger partial charge in [0.25, 0.3) is 0 Å². The molecule has 1 fully saturated rings. The van der Waals surface area contributed by atoms with Crippen LogP contribution in [0.2, 0.25) is 0 Å². The van der Waals surface area contributed by atoms with Crippen LogP contribution in [0.15, 0.2) is 24.4 Å². The van der Waals surface area contributed by atoms with Crippen LogP contribution in [-0.2, 0) is 11.2 Å². The Morgan fingerprint density at radius 2 is 2.29 bits per heavy atom. The molecule has 17 heavy (non-hydrogen) atoms. The number of ketones is 1. The van der Waals surface area contributed by atoms with Crippen LogP contribution >= 0.6 is 0 Å². The molecule has 0 atom stereocenters. The van der Waals surface area contributed by atoms with Crippen molar-refractivity contribution in [2.24, 2.45) is 0 Å². The molecule has 1 aliphatic carbocycles. The lowest BCUT2D eigenvalue weighted by Gasteiger charge is -2.24. The summed E-state index contributed by atoms with van der Waals surface area (Å²) in [5, 5.41) is 0. The summed E-state index contributed by atoms with van der Waals surface area (Å²) < 4.78 is 2.17. The summed E-state index contributed by atoms with van der Waals surface area (Å²) in [6.07, 6.45) is 6.17. The second-order valence-corrected chi connectivity index (χ2v) is 4.90. The van der Waals surface area contributed by atoms with Crippen LogP contribution in [0.4, 0.5) is 0 Å². The highest BCUT2D eigenvalue weighted by Gasteiger charge is 2.24. The molecule has 3 heteroatoms. The van der Waals surface area contributed by atoms with Gasteiger partial charge in [0.2, 0.25) is 0 Å². The number of imidazole rings is 1. The van der Waals surface area contributed by atoms with E-state index in [2.05, 4.69) is 15.5 Å². The Morgan fingerprint density at radius 1 is 1.47 bits per heavy atom. The monoisotopic (exact) mass is 228 g/mol. The molecule has 1 aliphatic rings. The smallest absolute Gasteiger partial charge is 0.135 e. The molecule has 2 aromatic heterocycles. The first kappa shape index (κ1) is 10.5. The predicted octanol–water partition coefficient (Wildman–Crippen LogP) is 2.73. The van der Waals surface area contributed by atoms with Gasteiger partial charge in [-0.3, -0.25) is 4.79 Å². The fourth-order valence-electron chi connectivity index (χ4n) is 2.49. The number of carbonyl (C=O) groups excluding carboxylic acids is 1. The zero-order valence-electron chi connectivity index (χ0n) is 10.0. The van der Waals surface area contributed by atoms with Gasteiger partial charge >= 0.3 is 0 Å². The highest BCUT2D eigenvalue weighted by Crippen LogP contribution is 2.36. The molecule has 0 aliphatic heterocycles. The van der Waals surface area contributed by atoms with Crippen LogP contribution in [-0.4, -0.2) is 15.2 Å². The van der Waals surface area contributed by atoms with E-state index in [1.165, 1.54) is 19.3 Å². The number of Topliss-reactive ketones (excluding diaryl/α,β-unsaturated/α-hetero) is 1. The Bertz CT molecular complexity index is 567. The van der Waals surface area contributed by atoms with Crippen LogP contribution in [0, 0.1) is 0 Å². The van der Waals surface area contributed by atoms with Crippen LogP contribution in [0.1, 0.15) is 43.6 Å². The maximum Gasteiger partial charge on any atom is 0.135 e. The summed E-state index contributed by atoms with van der Waals surface area (Å²) in [4.78, 5) is 15.8. The maximum atomic E-state index is 11.3. The summed E-state index contributed by atoms with van der Waals surface area (Å²) in [7, 11) is 0. The molecule has 2 aromatic rings. The molecule has 0 unspecified atom stereocenters. The molecule has 0 amide bonds. The number of hydrogen-bond acceptors (Lipinski definition) is 2. The van der Waals surface area contributed by atoms with Crippen LogP contribution in [0.5, 0.6) is 0 Å². The standard InChI is InChI=1S/C14H16N2O/c1-10(17)8-12-6-3-7-13-9-15-14(16(12)13)11-4-2-5-11/h3,6-7,9,11H,2,4-5,8H2,1H3. The van der Waals surface area contributed by atoms with Crippen molar-refractivity contribution in [1.82, 2.24) is 9.38 Å². The Hall–Kier alpha value is -1.64. The molecule has 0 N–H and O–H groups in total. The van der Waals surface area contributed by atoms with Gasteiger partial charge in [0.15, 0.2) is 0 Å². The Labute approximate surface area is 100 Å². The number of nitrogens with zero attached hydrogens (tertiary/aromatic N) is 2. The highest BCUT2D eigenvalue weighted by atomic mass is 16.1. The summed E-state index contributed by atoms with van der Waals surface area (Å²) >= 11 is 0. The number of rotatable bonds is 3. The van der Waals surface area contributed by atoms with Gasteiger partial charge in [-0.1, -0.05) is 12.5 Å². The summed E-state index contributed by atoms with van der Waals surface area (Å²) in [5.74, 6) is 1.93. The quantitative estimate of drug-likeness (QED) is 0.809. The molecule has 0 radical (unpaired) electrons. The van der Waals surface area contributed by atoms with Crippen molar-refractivity contribution in [2.75, 3.05) is 0 Å². The minimum Gasteiger partial charge on any atom is -0.300 e.